The molecule has 0 fully saturated rings. The largest absolute Gasteiger partial charge is 0.497 e. The molecule has 22 heavy (non-hydrogen) atoms. The number of benzene rings is 2. The molecule has 0 saturated heterocycles. The predicted molar refractivity (Wildman–Crippen MR) is 86.5 cm³/mol. The van der Waals surface area contributed by atoms with Crippen LogP contribution in [0.4, 0.5) is 0 Å². The van der Waals surface area contributed by atoms with E-state index in [1.807, 2.05) is 31.2 Å². The molecule has 0 aromatic heterocycles. The van der Waals surface area contributed by atoms with Crippen molar-refractivity contribution >= 4 is 17.5 Å². The van der Waals surface area contributed by atoms with Gasteiger partial charge in [0.1, 0.15) is 11.5 Å². The molecule has 0 radical (unpaired) electrons. The lowest BCUT2D eigenvalue weighted by molar-refractivity contribution is -0.123. The molecule has 1 atom stereocenters. The minimum Gasteiger partial charge on any atom is -0.497 e. The van der Waals surface area contributed by atoms with Gasteiger partial charge in [-0.3, -0.25) is 4.79 Å². The average molecular weight is 320 g/mol. The topological polar surface area (TPSA) is 47.6 Å². The van der Waals surface area contributed by atoms with E-state index in [9.17, 15) is 4.79 Å². The van der Waals surface area contributed by atoms with Gasteiger partial charge in [-0.2, -0.15) is 0 Å². The lowest BCUT2D eigenvalue weighted by atomic mass is 10.1. The van der Waals surface area contributed by atoms with Gasteiger partial charge in [0, 0.05) is 0 Å². The number of halogens is 1. The molecule has 0 aliphatic carbocycles. The number of carbonyl (C=O) groups excluding carboxylic acids is 1. The predicted octanol–water partition coefficient (Wildman–Crippen LogP) is 3.60. The standard InChI is InChI=1S/C17H18ClNO3/c1-12(13-7-9-14(21-2)10-8-13)19-17(20)11-22-16-6-4-3-5-15(16)18/h3-10,12H,11H2,1-2H3,(H,19,20)/t12-/m0/s1. The molecule has 2 aromatic carbocycles. The first-order valence-corrected chi connectivity index (χ1v) is 7.28. The molecule has 1 N–H and O–H groups in total. The molecule has 2 rings (SSSR count). The highest BCUT2D eigenvalue weighted by Gasteiger charge is 2.11. The van der Waals surface area contributed by atoms with Crippen molar-refractivity contribution in [1.82, 2.24) is 5.32 Å². The summed E-state index contributed by atoms with van der Waals surface area (Å²) in [6.45, 7) is 1.83. The van der Waals surface area contributed by atoms with Gasteiger partial charge in [0.2, 0.25) is 0 Å². The van der Waals surface area contributed by atoms with Crippen molar-refractivity contribution in [2.24, 2.45) is 0 Å². The molecule has 116 valence electrons. The molecule has 0 spiro atoms. The van der Waals surface area contributed by atoms with Gasteiger partial charge in [-0.1, -0.05) is 35.9 Å². The fraction of sp³-hybridized carbons (Fsp3) is 0.235. The molecule has 0 unspecified atom stereocenters. The molecule has 0 aliphatic heterocycles. The highest BCUT2D eigenvalue weighted by molar-refractivity contribution is 6.32. The average Bonchev–Trinajstić information content (AvgIpc) is 2.54. The molecular weight excluding hydrogens is 302 g/mol. The molecular formula is C17H18ClNO3. The van der Waals surface area contributed by atoms with E-state index in [0.717, 1.165) is 11.3 Å². The third-order valence-corrected chi connectivity index (χ3v) is 3.50. The minimum absolute atomic E-state index is 0.0791. The van der Waals surface area contributed by atoms with Crippen molar-refractivity contribution < 1.29 is 14.3 Å². The first-order chi connectivity index (χ1) is 10.6. The van der Waals surface area contributed by atoms with Crippen LogP contribution in [0.15, 0.2) is 48.5 Å². The number of ether oxygens (including phenoxy) is 2. The molecule has 1 amide bonds. The lowest BCUT2D eigenvalue weighted by Gasteiger charge is -2.15. The summed E-state index contributed by atoms with van der Waals surface area (Å²) in [5.41, 5.74) is 0.992. The van der Waals surface area contributed by atoms with Gasteiger partial charge < -0.3 is 14.8 Å². The number of hydrogen-bond acceptors (Lipinski definition) is 3. The Morgan fingerprint density at radius 2 is 1.86 bits per heavy atom. The van der Waals surface area contributed by atoms with Crippen LogP contribution in [0, 0.1) is 0 Å². The summed E-state index contributed by atoms with van der Waals surface area (Å²) in [4.78, 5) is 11.9. The number of amides is 1. The second-order valence-corrected chi connectivity index (χ2v) is 5.19. The smallest absolute Gasteiger partial charge is 0.258 e. The molecule has 0 bridgehead atoms. The van der Waals surface area contributed by atoms with Crippen molar-refractivity contribution in [3.8, 4) is 11.5 Å². The van der Waals surface area contributed by atoms with E-state index < -0.39 is 0 Å². The second kappa shape index (κ2) is 7.71. The van der Waals surface area contributed by atoms with Gasteiger partial charge in [0.15, 0.2) is 6.61 Å². The van der Waals surface area contributed by atoms with Crippen LogP contribution >= 0.6 is 11.6 Å². The zero-order valence-electron chi connectivity index (χ0n) is 12.5. The normalized spacial score (nSPS) is 11.6. The SMILES string of the molecule is COc1ccc([C@H](C)NC(=O)COc2ccccc2Cl)cc1. The van der Waals surface area contributed by atoms with Gasteiger partial charge in [0.25, 0.3) is 5.91 Å². The summed E-state index contributed by atoms with van der Waals surface area (Å²) in [5.74, 6) is 1.07. The Hall–Kier alpha value is -2.20. The number of carbonyl (C=O) groups is 1. The van der Waals surface area contributed by atoms with Gasteiger partial charge in [-0.25, -0.2) is 0 Å². The van der Waals surface area contributed by atoms with Crippen molar-refractivity contribution in [3.05, 3.63) is 59.1 Å². The summed E-state index contributed by atoms with van der Waals surface area (Å²) in [5, 5.41) is 3.36. The molecule has 2 aromatic rings. The molecule has 0 saturated carbocycles. The Balaban J connectivity index is 1.87. The monoisotopic (exact) mass is 319 g/mol. The maximum absolute atomic E-state index is 11.9. The Morgan fingerprint density at radius 1 is 1.18 bits per heavy atom. The fourth-order valence-corrected chi connectivity index (χ4v) is 2.15. The number of hydrogen-bond donors (Lipinski definition) is 1. The Labute approximate surface area is 135 Å². The zero-order valence-corrected chi connectivity index (χ0v) is 13.3. The maximum atomic E-state index is 11.9. The van der Waals surface area contributed by atoms with E-state index in [-0.39, 0.29) is 18.6 Å². The molecule has 0 aliphatic rings. The highest BCUT2D eigenvalue weighted by Crippen LogP contribution is 2.23. The van der Waals surface area contributed by atoms with Gasteiger partial charge in [0.05, 0.1) is 18.2 Å². The lowest BCUT2D eigenvalue weighted by Crippen LogP contribution is -2.31. The van der Waals surface area contributed by atoms with Crippen LogP contribution in [0.3, 0.4) is 0 Å². The van der Waals surface area contributed by atoms with E-state index in [4.69, 9.17) is 21.1 Å². The van der Waals surface area contributed by atoms with E-state index in [2.05, 4.69) is 5.32 Å². The van der Waals surface area contributed by atoms with Gasteiger partial charge in [-0.05, 0) is 36.8 Å². The van der Waals surface area contributed by atoms with Crippen LogP contribution < -0.4 is 14.8 Å². The Kier molecular flexibility index (Phi) is 5.67. The second-order valence-electron chi connectivity index (χ2n) is 4.78. The highest BCUT2D eigenvalue weighted by atomic mass is 35.5. The van der Waals surface area contributed by atoms with Crippen LogP contribution in [-0.4, -0.2) is 19.6 Å². The molecule has 4 nitrogen and oxygen atoms in total. The van der Waals surface area contributed by atoms with E-state index in [1.165, 1.54) is 0 Å². The van der Waals surface area contributed by atoms with Gasteiger partial charge in [-0.15, -0.1) is 0 Å². The van der Waals surface area contributed by atoms with Crippen molar-refractivity contribution in [1.29, 1.82) is 0 Å². The first-order valence-electron chi connectivity index (χ1n) is 6.91. The Bertz CT molecular complexity index is 628. The van der Waals surface area contributed by atoms with Crippen LogP contribution in [0.1, 0.15) is 18.5 Å². The van der Waals surface area contributed by atoms with E-state index in [0.29, 0.717) is 10.8 Å². The third-order valence-electron chi connectivity index (χ3n) is 3.19. The minimum atomic E-state index is -0.205. The van der Waals surface area contributed by atoms with Crippen molar-refractivity contribution in [3.63, 3.8) is 0 Å². The summed E-state index contributed by atoms with van der Waals surface area (Å²) in [6, 6.07) is 14.5. The van der Waals surface area contributed by atoms with Crippen molar-refractivity contribution in [2.75, 3.05) is 13.7 Å². The summed E-state index contributed by atoms with van der Waals surface area (Å²) >= 11 is 5.97. The first kappa shape index (κ1) is 16.2. The molecule has 0 heterocycles. The number of para-hydroxylation sites is 1. The maximum Gasteiger partial charge on any atom is 0.258 e. The zero-order chi connectivity index (χ0) is 15.9. The number of rotatable bonds is 6. The Morgan fingerprint density at radius 3 is 2.50 bits per heavy atom. The van der Waals surface area contributed by atoms with Crippen LogP contribution in [0.25, 0.3) is 0 Å². The quantitative estimate of drug-likeness (QED) is 0.885. The number of nitrogens with one attached hydrogen (secondary N) is 1. The van der Waals surface area contributed by atoms with Crippen LogP contribution in [0.2, 0.25) is 5.02 Å². The van der Waals surface area contributed by atoms with Crippen molar-refractivity contribution in [2.45, 2.75) is 13.0 Å². The third kappa shape index (κ3) is 4.40. The van der Waals surface area contributed by atoms with Crippen LogP contribution in [0.5, 0.6) is 11.5 Å². The van der Waals surface area contributed by atoms with E-state index in [1.54, 1.807) is 31.4 Å². The molecule has 5 heteroatoms. The number of methoxy groups -OCH3 is 1. The fourth-order valence-electron chi connectivity index (χ4n) is 1.96. The van der Waals surface area contributed by atoms with Crippen LogP contribution in [-0.2, 0) is 4.79 Å². The summed E-state index contributed by atoms with van der Waals surface area (Å²) in [7, 11) is 1.62. The summed E-state index contributed by atoms with van der Waals surface area (Å²) in [6.07, 6.45) is 0. The van der Waals surface area contributed by atoms with E-state index >= 15 is 0 Å². The van der Waals surface area contributed by atoms with Gasteiger partial charge >= 0.3 is 0 Å². The summed E-state index contributed by atoms with van der Waals surface area (Å²) < 4.78 is 10.5.